The lowest BCUT2D eigenvalue weighted by atomic mass is 10.1. The van der Waals surface area contributed by atoms with Crippen LogP contribution in [0.3, 0.4) is 0 Å². The van der Waals surface area contributed by atoms with Crippen LogP contribution in [0.5, 0.6) is 0 Å². The monoisotopic (exact) mass is 306 g/mol. The Kier molecular flexibility index (Phi) is 16.7. The number of esters is 1. The third-order valence-corrected chi connectivity index (χ3v) is 3.33. The molecule has 126 valence electrons. The van der Waals surface area contributed by atoms with Gasteiger partial charge in [0.1, 0.15) is 0 Å². The first-order chi connectivity index (χ1) is 10.8. The molecule has 0 radical (unpaired) electrons. The van der Waals surface area contributed by atoms with E-state index < -0.39 is 0 Å². The summed E-state index contributed by atoms with van der Waals surface area (Å²) in [6, 6.07) is 0. The number of hydrogen-bond acceptors (Lipinski definition) is 2. The number of allylic oxidation sites excluding steroid dienone is 6. The van der Waals surface area contributed by atoms with E-state index in [4.69, 9.17) is 4.74 Å². The van der Waals surface area contributed by atoms with Crippen molar-refractivity contribution in [3.8, 4) is 0 Å². The van der Waals surface area contributed by atoms with E-state index >= 15 is 0 Å². The minimum atomic E-state index is -0.0721. The van der Waals surface area contributed by atoms with E-state index in [1.165, 1.54) is 25.7 Å². The fourth-order valence-corrected chi connectivity index (χ4v) is 2.05. The van der Waals surface area contributed by atoms with Crippen molar-refractivity contribution in [3.05, 3.63) is 36.5 Å². The summed E-state index contributed by atoms with van der Waals surface area (Å²) in [4.78, 5) is 11.1. The smallest absolute Gasteiger partial charge is 0.305 e. The van der Waals surface area contributed by atoms with Gasteiger partial charge in [-0.3, -0.25) is 4.79 Å². The topological polar surface area (TPSA) is 26.3 Å². The average molecular weight is 306 g/mol. The van der Waals surface area contributed by atoms with Crippen molar-refractivity contribution in [2.24, 2.45) is 0 Å². The van der Waals surface area contributed by atoms with Crippen LogP contribution in [0.25, 0.3) is 0 Å². The van der Waals surface area contributed by atoms with E-state index in [1.54, 1.807) is 0 Å². The molecule has 2 nitrogen and oxygen atoms in total. The van der Waals surface area contributed by atoms with E-state index in [-0.39, 0.29) is 5.97 Å². The van der Waals surface area contributed by atoms with Crippen LogP contribution >= 0.6 is 0 Å². The minimum absolute atomic E-state index is 0.0721. The maximum absolute atomic E-state index is 11.1. The number of unbranched alkanes of at least 4 members (excludes halogenated alkanes) is 5. The zero-order chi connectivity index (χ0) is 16.3. The molecule has 0 saturated heterocycles. The largest absolute Gasteiger partial charge is 0.466 e. The SMILES string of the molecule is CCCCCC=CCC=CC/C=C\CCCCC(=O)OCC. The first kappa shape index (κ1) is 20.7. The molecule has 0 saturated carbocycles. The van der Waals surface area contributed by atoms with Crippen molar-refractivity contribution < 1.29 is 9.53 Å². The molecule has 0 bridgehead atoms. The minimum Gasteiger partial charge on any atom is -0.466 e. The maximum Gasteiger partial charge on any atom is 0.305 e. The zero-order valence-electron chi connectivity index (χ0n) is 14.6. The summed E-state index contributed by atoms with van der Waals surface area (Å²) in [5.74, 6) is -0.0721. The van der Waals surface area contributed by atoms with Crippen LogP contribution in [-0.2, 0) is 9.53 Å². The molecule has 0 spiro atoms. The molecule has 0 atom stereocenters. The number of hydrogen-bond donors (Lipinski definition) is 0. The van der Waals surface area contributed by atoms with Gasteiger partial charge < -0.3 is 4.74 Å². The Morgan fingerprint density at radius 2 is 1.32 bits per heavy atom. The lowest BCUT2D eigenvalue weighted by Crippen LogP contribution is -2.02. The maximum atomic E-state index is 11.1. The third kappa shape index (κ3) is 16.7. The average Bonchev–Trinajstić information content (AvgIpc) is 2.51. The van der Waals surface area contributed by atoms with E-state index in [1.807, 2.05) is 6.92 Å². The van der Waals surface area contributed by atoms with Crippen LogP contribution in [0.4, 0.5) is 0 Å². The molecule has 22 heavy (non-hydrogen) atoms. The first-order valence-corrected chi connectivity index (χ1v) is 8.91. The van der Waals surface area contributed by atoms with Crippen LogP contribution in [-0.4, -0.2) is 12.6 Å². The van der Waals surface area contributed by atoms with Gasteiger partial charge in [-0.05, 0) is 51.9 Å². The van der Waals surface area contributed by atoms with E-state index in [0.717, 1.165) is 32.1 Å². The molecular weight excluding hydrogens is 272 g/mol. The second kappa shape index (κ2) is 17.7. The van der Waals surface area contributed by atoms with E-state index in [9.17, 15) is 4.79 Å². The van der Waals surface area contributed by atoms with E-state index in [2.05, 4.69) is 43.4 Å². The normalized spacial score (nSPS) is 11.9. The fraction of sp³-hybridized carbons (Fsp3) is 0.650. The van der Waals surface area contributed by atoms with Gasteiger partial charge in [-0.1, -0.05) is 56.2 Å². The van der Waals surface area contributed by atoms with Crippen LogP contribution in [0.15, 0.2) is 36.5 Å². The molecule has 0 unspecified atom stereocenters. The molecule has 0 rings (SSSR count). The second-order valence-corrected chi connectivity index (χ2v) is 5.43. The molecular formula is C20H34O2. The molecule has 0 fully saturated rings. The summed E-state index contributed by atoms with van der Waals surface area (Å²) in [7, 11) is 0. The van der Waals surface area contributed by atoms with Crippen molar-refractivity contribution in [2.45, 2.75) is 78.1 Å². The Bertz CT molecular complexity index is 327. The molecule has 0 aliphatic carbocycles. The Morgan fingerprint density at radius 3 is 1.86 bits per heavy atom. The highest BCUT2D eigenvalue weighted by Crippen LogP contribution is 2.03. The highest BCUT2D eigenvalue weighted by molar-refractivity contribution is 5.69. The molecule has 0 aliphatic rings. The molecule has 2 heteroatoms. The van der Waals surface area contributed by atoms with Gasteiger partial charge in [0.25, 0.3) is 0 Å². The summed E-state index contributed by atoms with van der Waals surface area (Å²) in [5, 5.41) is 0. The van der Waals surface area contributed by atoms with Crippen LogP contribution in [0.1, 0.15) is 78.1 Å². The lowest BCUT2D eigenvalue weighted by Gasteiger charge is -1.99. The van der Waals surface area contributed by atoms with Gasteiger partial charge in [0.2, 0.25) is 0 Å². The van der Waals surface area contributed by atoms with E-state index in [0.29, 0.717) is 13.0 Å². The lowest BCUT2D eigenvalue weighted by molar-refractivity contribution is -0.143. The number of carbonyl (C=O) groups excluding carboxylic acids is 1. The highest BCUT2D eigenvalue weighted by Gasteiger charge is 1.99. The third-order valence-electron chi connectivity index (χ3n) is 3.33. The number of ether oxygens (including phenoxy) is 1. The Balaban J connectivity index is 3.35. The van der Waals surface area contributed by atoms with Gasteiger partial charge in [0.15, 0.2) is 0 Å². The van der Waals surface area contributed by atoms with Crippen LogP contribution < -0.4 is 0 Å². The van der Waals surface area contributed by atoms with Gasteiger partial charge in [-0.15, -0.1) is 0 Å². The molecule has 0 heterocycles. The second-order valence-electron chi connectivity index (χ2n) is 5.43. The van der Waals surface area contributed by atoms with Gasteiger partial charge in [0.05, 0.1) is 6.61 Å². The first-order valence-electron chi connectivity index (χ1n) is 8.91. The van der Waals surface area contributed by atoms with Crippen molar-refractivity contribution in [2.75, 3.05) is 6.61 Å². The summed E-state index contributed by atoms with van der Waals surface area (Å²) >= 11 is 0. The predicted molar refractivity (Wildman–Crippen MR) is 95.9 cm³/mol. The molecule has 0 aromatic rings. The highest BCUT2D eigenvalue weighted by atomic mass is 16.5. The van der Waals surface area contributed by atoms with Crippen LogP contribution in [0.2, 0.25) is 0 Å². The predicted octanol–water partition coefficient (Wildman–Crippen LogP) is 6.14. The zero-order valence-corrected chi connectivity index (χ0v) is 14.6. The van der Waals surface area contributed by atoms with Gasteiger partial charge in [0, 0.05) is 6.42 Å². The quantitative estimate of drug-likeness (QED) is 0.219. The molecule has 0 aromatic heterocycles. The van der Waals surface area contributed by atoms with Gasteiger partial charge >= 0.3 is 5.97 Å². The Morgan fingerprint density at radius 1 is 0.773 bits per heavy atom. The van der Waals surface area contributed by atoms with Gasteiger partial charge in [-0.25, -0.2) is 0 Å². The summed E-state index contributed by atoms with van der Waals surface area (Å²) in [5.41, 5.74) is 0. The Labute approximate surface area is 137 Å². The Hall–Kier alpha value is -1.31. The molecule has 0 aliphatic heterocycles. The van der Waals surface area contributed by atoms with Crippen molar-refractivity contribution in [3.63, 3.8) is 0 Å². The standard InChI is InChI=1S/C20H34O2/c1-3-5-6-7-8-9-10-11-12-13-14-15-16-17-18-19-20(21)22-4-2/h8-9,11-12,14-15H,3-7,10,13,16-19H2,1-2H3/b9-8?,12-11?,15-14-. The van der Waals surface area contributed by atoms with Crippen molar-refractivity contribution in [1.82, 2.24) is 0 Å². The molecule has 0 N–H and O–H groups in total. The summed E-state index contributed by atoms with van der Waals surface area (Å²) in [6.45, 7) is 4.57. The number of rotatable bonds is 14. The van der Waals surface area contributed by atoms with Gasteiger partial charge in [-0.2, -0.15) is 0 Å². The summed E-state index contributed by atoms with van der Waals surface area (Å²) in [6.07, 6.45) is 24.2. The molecule has 0 amide bonds. The fourth-order valence-electron chi connectivity index (χ4n) is 2.05. The molecule has 0 aromatic carbocycles. The van der Waals surface area contributed by atoms with Crippen molar-refractivity contribution >= 4 is 5.97 Å². The number of carbonyl (C=O) groups is 1. The summed E-state index contributed by atoms with van der Waals surface area (Å²) < 4.78 is 4.89. The van der Waals surface area contributed by atoms with Crippen LogP contribution in [0, 0.1) is 0 Å². The van der Waals surface area contributed by atoms with Crippen molar-refractivity contribution in [1.29, 1.82) is 0 Å².